The number of rotatable bonds is 0. The molecule has 0 amide bonds. The second kappa shape index (κ2) is 2.96. The minimum absolute atomic E-state index is 0.668. The van der Waals surface area contributed by atoms with Gasteiger partial charge in [0.1, 0.15) is 0 Å². The van der Waals surface area contributed by atoms with Crippen molar-refractivity contribution < 1.29 is 0 Å². The Labute approximate surface area is 81.8 Å². The van der Waals surface area contributed by atoms with Crippen molar-refractivity contribution in [3.05, 3.63) is 14.5 Å². The SMILES string of the molecule is CC1CCc2sc(=S)[nH]c2C1C. The summed E-state index contributed by atoms with van der Waals surface area (Å²) < 4.78 is 0.945. The molecule has 1 aromatic rings. The average Bonchev–Trinajstić information content (AvgIpc) is 2.39. The molecule has 1 N–H and O–H groups in total. The first-order valence-corrected chi connectivity index (χ1v) is 5.63. The molecule has 2 atom stereocenters. The summed E-state index contributed by atoms with van der Waals surface area (Å²) in [6.07, 6.45) is 2.54. The van der Waals surface area contributed by atoms with Crippen LogP contribution in [0.15, 0.2) is 0 Å². The lowest BCUT2D eigenvalue weighted by Crippen LogP contribution is -2.14. The Bertz CT molecular complexity index is 337. The molecule has 0 aliphatic heterocycles. The van der Waals surface area contributed by atoms with Gasteiger partial charge in [-0.3, -0.25) is 0 Å². The second-order valence-corrected chi connectivity index (χ2v) is 5.43. The normalized spacial score (nSPS) is 28.5. The Balaban J connectivity index is 2.48. The predicted molar refractivity (Wildman–Crippen MR) is 55.4 cm³/mol. The highest BCUT2D eigenvalue weighted by Gasteiger charge is 2.24. The van der Waals surface area contributed by atoms with Crippen molar-refractivity contribution in [2.24, 2.45) is 5.92 Å². The van der Waals surface area contributed by atoms with Gasteiger partial charge in [0.15, 0.2) is 3.95 Å². The van der Waals surface area contributed by atoms with Crippen molar-refractivity contribution in [3.63, 3.8) is 0 Å². The molecule has 0 saturated heterocycles. The Morgan fingerprint density at radius 1 is 1.50 bits per heavy atom. The molecule has 2 unspecified atom stereocenters. The van der Waals surface area contributed by atoms with Crippen LogP contribution in [-0.4, -0.2) is 4.98 Å². The zero-order chi connectivity index (χ0) is 8.72. The zero-order valence-electron chi connectivity index (χ0n) is 7.39. The summed E-state index contributed by atoms with van der Waals surface area (Å²) >= 11 is 6.89. The highest BCUT2D eigenvalue weighted by atomic mass is 32.1. The molecule has 1 aliphatic carbocycles. The maximum atomic E-state index is 5.14. The van der Waals surface area contributed by atoms with Gasteiger partial charge in [0.05, 0.1) is 0 Å². The minimum atomic E-state index is 0.668. The first-order valence-electron chi connectivity index (χ1n) is 4.40. The highest BCUT2D eigenvalue weighted by molar-refractivity contribution is 7.73. The van der Waals surface area contributed by atoms with E-state index >= 15 is 0 Å². The summed E-state index contributed by atoms with van der Waals surface area (Å²) in [4.78, 5) is 4.80. The van der Waals surface area contributed by atoms with E-state index in [4.69, 9.17) is 12.2 Å². The molecule has 1 aliphatic rings. The highest BCUT2D eigenvalue weighted by Crippen LogP contribution is 2.36. The molecule has 3 heteroatoms. The third-order valence-corrected chi connectivity index (χ3v) is 4.20. The number of fused-ring (bicyclic) bond motifs is 1. The van der Waals surface area contributed by atoms with Gasteiger partial charge in [0.2, 0.25) is 0 Å². The monoisotopic (exact) mass is 199 g/mol. The lowest BCUT2D eigenvalue weighted by molar-refractivity contribution is 0.422. The molecule has 0 aromatic carbocycles. The van der Waals surface area contributed by atoms with Gasteiger partial charge in [0, 0.05) is 10.6 Å². The van der Waals surface area contributed by atoms with Crippen molar-refractivity contribution in [1.82, 2.24) is 4.98 Å². The standard InChI is InChI=1S/C9H13NS2/c1-5-3-4-7-8(6(5)2)10-9(11)12-7/h5-6H,3-4H2,1-2H3,(H,10,11). The molecule has 66 valence electrons. The fourth-order valence-corrected chi connectivity index (χ4v) is 3.18. The Morgan fingerprint density at radius 3 is 3.00 bits per heavy atom. The molecule has 1 heterocycles. The zero-order valence-corrected chi connectivity index (χ0v) is 9.02. The summed E-state index contributed by atoms with van der Waals surface area (Å²) in [7, 11) is 0. The van der Waals surface area contributed by atoms with Crippen molar-refractivity contribution in [3.8, 4) is 0 Å². The summed E-state index contributed by atoms with van der Waals surface area (Å²) in [6, 6.07) is 0. The van der Waals surface area contributed by atoms with Crippen LogP contribution in [0.4, 0.5) is 0 Å². The molecular formula is C9H13NS2. The van der Waals surface area contributed by atoms with Gasteiger partial charge < -0.3 is 4.98 Å². The lowest BCUT2D eigenvalue weighted by Gasteiger charge is -2.24. The first-order chi connectivity index (χ1) is 5.68. The van der Waals surface area contributed by atoms with E-state index in [2.05, 4.69) is 18.8 Å². The number of aromatic amines is 1. The Kier molecular flexibility index (Phi) is 2.09. The number of hydrogen-bond acceptors (Lipinski definition) is 2. The van der Waals surface area contributed by atoms with Gasteiger partial charge in [-0.1, -0.05) is 13.8 Å². The number of aromatic nitrogens is 1. The van der Waals surface area contributed by atoms with Crippen molar-refractivity contribution in [2.75, 3.05) is 0 Å². The molecular weight excluding hydrogens is 186 g/mol. The molecule has 0 bridgehead atoms. The van der Waals surface area contributed by atoms with E-state index in [-0.39, 0.29) is 0 Å². The van der Waals surface area contributed by atoms with E-state index in [0.29, 0.717) is 5.92 Å². The summed E-state index contributed by atoms with van der Waals surface area (Å²) in [5, 5.41) is 0. The van der Waals surface area contributed by atoms with Crippen LogP contribution in [0.25, 0.3) is 0 Å². The fourth-order valence-electron chi connectivity index (χ4n) is 1.82. The smallest absolute Gasteiger partial charge is 0.158 e. The fraction of sp³-hybridized carbons (Fsp3) is 0.667. The van der Waals surface area contributed by atoms with Crippen molar-refractivity contribution >= 4 is 23.6 Å². The van der Waals surface area contributed by atoms with Crippen LogP contribution in [0.3, 0.4) is 0 Å². The number of thiazole rings is 1. The van der Waals surface area contributed by atoms with Crippen LogP contribution in [-0.2, 0) is 6.42 Å². The van der Waals surface area contributed by atoms with Gasteiger partial charge >= 0.3 is 0 Å². The third kappa shape index (κ3) is 1.25. The van der Waals surface area contributed by atoms with Gasteiger partial charge in [-0.2, -0.15) is 0 Å². The van der Waals surface area contributed by atoms with E-state index in [1.165, 1.54) is 23.4 Å². The van der Waals surface area contributed by atoms with E-state index < -0.39 is 0 Å². The molecule has 1 aromatic heterocycles. The van der Waals surface area contributed by atoms with E-state index in [9.17, 15) is 0 Å². The van der Waals surface area contributed by atoms with Crippen LogP contribution in [0, 0.1) is 9.87 Å². The summed E-state index contributed by atoms with van der Waals surface area (Å²) in [5.41, 5.74) is 1.41. The summed E-state index contributed by atoms with van der Waals surface area (Å²) in [6.45, 7) is 4.61. The lowest BCUT2D eigenvalue weighted by atomic mass is 9.83. The van der Waals surface area contributed by atoms with Gasteiger partial charge in [0.25, 0.3) is 0 Å². The van der Waals surface area contributed by atoms with Crippen LogP contribution in [0.2, 0.25) is 0 Å². The number of nitrogens with one attached hydrogen (secondary N) is 1. The molecule has 0 radical (unpaired) electrons. The Morgan fingerprint density at radius 2 is 2.25 bits per heavy atom. The Hall–Kier alpha value is -0.150. The topological polar surface area (TPSA) is 15.8 Å². The van der Waals surface area contributed by atoms with E-state index in [0.717, 1.165) is 9.87 Å². The predicted octanol–water partition coefficient (Wildman–Crippen LogP) is 3.49. The summed E-state index contributed by atoms with van der Waals surface area (Å²) in [5.74, 6) is 1.47. The van der Waals surface area contributed by atoms with Crippen LogP contribution < -0.4 is 0 Å². The largest absolute Gasteiger partial charge is 0.340 e. The third-order valence-electron chi connectivity index (χ3n) is 2.89. The van der Waals surface area contributed by atoms with Crippen LogP contribution in [0.1, 0.15) is 36.8 Å². The molecule has 12 heavy (non-hydrogen) atoms. The van der Waals surface area contributed by atoms with E-state index in [1.54, 1.807) is 11.3 Å². The van der Waals surface area contributed by atoms with Gasteiger partial charge in [-0.25, -0.2) is 0 Å². The quantitative estimate of drug-likeness (QED) is 0.632. The molecule has 1 nitrogen and oxygen atoms in total. The minimum Gasteiger partial charge on any atom is -0.340 e. The van der Waals surface area contributed by atoms with E-state index in [1.807, 2.05) is 0 Å². The number of hydrogen-bond donors (Lipinski definition) is 1. The van der Waals surface area contributed by atoms with Crippen LogP contribution in [0.5, 0.6) is 0 Å². The average molecular weight is 199 g/mol. The molecule has 0 fully saturated rings. The van der Waals surface area contributed by atoms with Crippen LogP contribution >= 0.6 is 23.6 Å². The van der Waals surface area contributed by atoms with Crippen molar-refractivity contribution in [1.29, 1.82) is 0 Å². The first kappa shape index (κ1) is 8.45. The second-order valence-electron chi connectivity index (χ2n) is 3.66. The molecule has 0 saturated carbocycles. The molecule has 0 spiro atoms. The van der Waals surface area contributed by atoms with Gasteiger partial charge in [-0.05, 0) is 36.9 Å². The molecule has 2 rings (SSSR count). The maximum Gasteiger partial charge on any atom is 0.158 e. The number of aryl methyl sites for hydroxylation is 1. The maximum absolute atomic E-state index is 5.14. The van der Waals surface area contributed by atoms with Gasteiger partial charge in [-0.15, -0.1) is 11.3 Å². The number of H-pyrrole nitrogens is 1. The van der Waals surface area contributed by atoms with Crippen molar-refractivity contribution in [2.45, 2.75) is 32.6 Å².